The van der Waals surface area contributed by atoms with Gasteiger partial charge in [0.15, 0.2) is 0 Å². The van der Waals surface area contributed by atoms with Crippen LogP contribution in [0.15, 0.2) is 34.9 Å². The summed E-state index contributed by atoms with van der Waals surface area (Å²) in [4.78, 5) is 25.1. The van der Waals surface area contributed by atoms with E-state index < -0.39 is 5.97 Å². The standard InChI is InChI=1S/C19H20Cl2N2O5/c20-16-2-1-12(5-17(16)21)9-23-3-4-27-15(10-23)8-22-18(24)7-14-6-13(11-28-14)19(25)26/h1-2,5-6,11,15H,3-4,7-10H2,(H,22,24)(H,25,26)/t15-/m0/s1. The normalized spacial score (nSPS) is 17.4. The Morgan fingerprint density at radius 3 is 2.79 bits per heavy atom. The molecule has 2 aromatic rings. The first-order valence-corrected chi connectivity index (χ1v) is 9.51. The van der Waals surface area contributed by atoms with E-state index in [1.54, 1.807) is 6.07 Å². The minimum atomic E-state index is -1.09. The number of hydrogen-bond acceptors (Lipinski definition) is 5. The highest BCUT2D eigenvalue weighted by atomic mass is 35.5. The van der Waals surface area contributed by atoms with E-state index in [0.717, 1.165) is 24.9 Å². The third-order valence-corrected chi connectivity index (χ3v) is 5.11. The van der Waals surface area contributed by atoms with Gasteiger partial charge in [0.1, 0.15) is 12.0 Å². The Hall–Kier alpha value is -2.06. The molecule has 7 nitrogen and oxygen atoms in total. The number of carbonyl (C=O) groups excluding carboxylic acids is 1. The van der Waals surface area contributed by atoms with E-state index in [0.29, 0.717) is 35.5 Å². The van der Waals surface area contributed by atoms with Crippen LogP contribution in [0, 0.1) is 0 Å². The number of carboxylic acids is 1. The van der Waals surface area contributed by atoms with Gasteiger partial charge in [-0.25, -0.2) is 4.79 Å². The monoisotopic (exact) mass is 426 g/mol. The Balaban J connectivity index is 1.45. The first-order chi connectivity index (χ1) is 13.4. The second-order valence-corrected chi connectivity index (χ2v) is 7.38. The molecule has 1 atom stereocenters. The smallest absolute Gasteiger partial charge is 0.338 e. The van der Waals surface area contributed by atoms with Crippen LogP contribution < -0.4 is 5.32 Å². The van der Waals surface area contributed by atoms with Crippen LogP contribution in [-0.2, 0) is 22.5 Å². The van der Waals surface area contributed by atoms with E-state index in [1.165, 1.54) is 6.07 Å². The number of ether oxygens (including phenoxy) is 1. The Bertz CT molecular complexity index is 855. The average Bonchev–Trinajstić information content (AvgIpc) is 3.12. The van der Waals surface area contributed by atoms with Gasteiger partial charge in [0.2, 0.25) is 5.91 Å². The maximum Gasteiger partial charge on any atom is 0.338 e. The van der Waals surface area contributed by atoms with Gasteiger partial charge in [-0.1, -0.05) is 29.3 Å². The average molecular weight is 427 g/mol. The summed E-state index contributed by atoms with van der Waals surface area (Å²) in [5, 5.41) is 12.7. The van der Waals surface area contributed by atoms with Crippen molar-refractivity contribution in [1.82, 2.24) is 10.2 Å². The molecular formula is C19H20Cl2N2O5. The quantitative estimate of drug-likeness (QED) is 0.706. The van der Waals surface area contributed by atoms with Crippen LogP contribution in [0.2, 0.25) is 10.0 Å². The fourth-order valence-corrected chi connectivity index (χ4v) is 3.30. The Labute approximate surface area is 172 Å². The summed E-state index contributed by atoms with van der Waals surface area (Å²) in [6.07, 6.45) is 0.968. The summed E-state index contributed by atoms with van der Waals surface area (Å²) in [6.45, 7) is 3.11. The molecule has 0 aliphatic carbocycles. The van der Waals surface area contributed by atoms with E-state index in [9.17, 15) is 9.59 Å². The van der Waals surface area contributed by atoms with Crippen LogP contribution in [0.3, 0.4) is 0 Å². The summed E-state index contributed by atoms with van der Waals surface area (Å²) in [7, 11) is 0. The van der Waals surface area contributed by atoms with E-state index >= 15 is 0 Å². The number of furan rings is 1. The van der Waals surface area contributed by atoms with Crippen LogP contribution in [0.4, 0.5) is 0 Å². The second kappa shape index (κ2) is 9.43. The third kappa shape index (κ3) is 5.72. The van der Waals surface area contributed by atoms with E-state index in [1.807, 2.05) is 12.1 Å². The van der Waals surface area contributed by atoms with Crippen molar-refractivity contribution in [1.29, 1.82) is 0 Å². The third-order valence-electron chi connectivity index (χ3n) is 4.38. The van der Waals surface area contributed by atoms with E-state index in [-0.39, 0.29) is 24.0 Å². The molecule has 1 aromatic carbocycles. The molecule has 1 aliphatic heterocycles. The van der Waals surface area contributed by atoms with Crippen LogP contribution >= 0.6 is 23.2 Å². The van der Waals surface area contributed by atoms with Gasteiger partial charge in [-0.3, -0.25) is 9.69 Å². The molecule has 2 heterocycles. The number of morpholine rings is 1. The summed E-state index contributed by atoms with van der Waals surface area (Å²) in [5.41, 5.74) is 1.09. The molecular weight excluding hydrogens is 407 g/mol. The lowest BCUT2D eigenvalue weighted by molar-refractivity contribution is -0.121. The number of hydrogen-bond donors (Lipinski definition) is 2. The Kier molecular flexibility index (Phi) is 6.96. The van der Waals surface area contributed by atoms with Crippen molar-refractivity contribution in [2.75, 3.05) is 26.2 Å². The number of carboxylic acid groups (broad SMARTS) is 1. The van der Waals surface area contributed by atoms with Gasteiger partial charge in [-0.15, -0.1) is 0 Å². The molecule has 0 bridgehead atoms. The summed E-state index contributed by atoms with van der Waals surface area (Å²) >= 11 is 12.0. The van der Waals surface area contributed by atoms with Gasteiger partial charge in [-0.2, -0.15) is 0 Å². The predicted molar refractivity (Wildman–Crippen MR) is 104 cm³/mol. The highest BCUT2D eigenvalue weighted by molar-refractivity contribution is 6.42. The molecule has 2 N–H and O–H groups in total. The molecule has 1 aliphatic rings. The van der Waals surface area contributed by atoms with Gasteiger partial charge in [0, 0.05) is 26.2 Å². The molecule has 1 fully saturated rings. The molecule has 0 radical (unpaired) electrons. The minimum Gasteiger partial charge on any atom is -0.478 e. The molecule has 0 unspecified atom stereocenters. The molecule has 9 heteroatoms. The maximum atomic E-state index is 12.1. The number of nitrogens with zero attached hydrogens (tertiary/aromatic N) is 1. The molecule has 28 heavy (non-hydrogen) atoms. The first kappa shape index (κ1) is 20.7. The molecule has 1 aromatic heterocycles. The molecule has 1 amide bonds. The minimum absolute atomic E-state index is 0.0208. The molecule has 3 rings (SSSR count). The van der Waals surface area contributed by atoms with Gasteiger partial charge in [0.25, 0.3) is 0 Å². The Morgan fingerprint density at radius 2 is 2.07 bits per heavy atom. The van der Waals surface area contributed by atoms with Crippen molar-refractivity contribution in [3.63, 3.8) is 0 Å². The van der Waals surface area contributed by atoms with Crippen molar-refractivity contribution in [2.24, 2.45) is 0 Å². The van der Waals surface area contributed by atoms with Crippen LogP contribution in [0.25, 0.3) is 0 Å². The van der Waals surface area contributed by atoms with Crippen LogP contribution in [-0.4, -0.2) is 54.2 Å². The van der Waals surface area contributed by atoms with Crippen molar-refractivity contribution in [2.45, 2.75) is 19.1 Å². The number of halogens is 2. The lowest BCUT2D eigenvalue weighted by Gasteiger charge is -2.33. The summed E-state index contributed by atoms with van der Waals surface area (Å²) in [5.74, 6) is -1.04. The highest BCUT2D eigenvalue weighted by Gasteiger charge is 2.21. The lowest BCUT2D eigenvalue weighted by Crippen LogP contribution is -2.47. The zero-order valence-corrected chi connectivity index (χ0v) is 16.5. The number of carbonyl (C=O) groups is 2. The lowest BCUT2D eigenvalue weighted by atomic mass is 10.2. The summed E-state index contributed by atoms with van der Waals surface area (Å²) < 4.78 is 10.8. The topological polar surface area (TPSA) is 92.0 Å². The van der Waals surface area contributed by atoms with Crippen LogP contribution in [0.1, 0.15) is 21.7 Å². The van der Waals surface area contributed by atoms with Crippen molar-refractivity contribution in [3.8, 4) is 0 Å². The number of amides is 1. The van der Waals surface area contributed by atoms with Crippen molar-refractivity contribution < 1.29 is 23.8 Å². The fourth-order valence-electron chi connectivity index (χ4n) is 2.98. The van der Waals surface area contributed by atoms with Gasteiger partial charge in [0.05, 0.1) is 34.7 Å². The molecule has 0 saturated carbocycles. The van der Waals surface area contributed by atoms with E-state index in [4.69, 9.17) is 37.5 Å². The zero-order chi connectivity index (χ0) is 20.1. The first-order valence-electron chi connectivity index (χ1n) is 8.76. The number of nitrogens with one attached hydrogen (secondary N) is 1. The second-order valence-electron chi connectivity index (χ2n) is 6.56. The SMILES string of the molecule is O=C(Cc1cc(C(=O)O)co1)NC[C@H]1CN(Cc2ccc(Cl)c(Cl)c2)CCO1. The van der Waals surface area contributed by atoms with Crippen molar-refractivity contribution >= 4 is 35.1 Å². The Morgan fingerprint density at radius 1 is 1.25 bits per heavy atom. The highest BCUT2D eigenvalue weighted by Crippen LogP contribution is 2.23. The molecule has 0 spiro atoms. The number of benzene rings is 1. The number of rotatable bonds is 7. The predicted octanol–water partition coefficient (Wildman–Crippen LogP) is 2.84. The zero-order valence-electron chi connectivity index (χ0n) is 15.0. The maximum absolute atomic E-state index is 12.1. The number of aromatic carboxylic acids is 1. The molecule has 1 saturated heterocycles. The van der Waals surface area contributed by atoms with Gasteiger partial charge in [-0.05, 0) is 23.8 Å². The van der Waals surface area contributed by atoms with Crippen molar-refractivity contribution in [3.05, 3.63) is 57.5 Å². The fraction of sp³-hybridized carbons (Fsp3) is 0.368. The molecule has 150 valence electrons. The summed E-state index contributed by atoms with van der Waals surface area (Å²) in [6, 6.07) is 6.92. The van der Waals surface area contributed by atoms with Gasteiger partial charge >= 0.3 is 5.97 Å². The van der Waals surface area contributed by atoms with E-state index in [2.05, 4.69) is 10.2 Å². The van der Waals surface area contributed by atoms with Crippen LogP contribution in [0.5, 0.6) is 0 Å². The van der Waals surface area contributed by atoms with Gasteiger partial charge < -0.3 is 19.6 Å². The largest absolute Gasteiger partial charge is 0.478 e.